The van der Waals surface area contributed by atoms with Crippen LogP contribution in [0.5, 0.6) is 0 Å². The van der Waals surface area contributed by atoms with Gasteiger partial charge in [0.05, 0.1) is 12.5 Å². The second-order valence-corrected chi connectivity index (χ2v) is 4.82. The summed E-state index contributed by atoms with van der Waals surface area (Å²) >= 11 is 0. The summed E-state index contributed by atoms with van der Waals surface area (Å²) in [6.45, 7) is 5.54. The molecular weight excluding hydrogens is 247 g/mol. The van der Waals surface area contributed by atoms with Gasteiger partial charge < -0.3 is 10.5 Å². The van der Waals surface area contributed by atoms with Crippen molar-refractivity contribution in [3.8, 4) is 0 Å². The fraction of sp³-hybridized carbons (Fsp3) is 0.917. The molecule has 0 aliphatic rings. The van der Waals surface area contributed by atoms with Crippen molar-refractivity contribution >= 4 is 5.97 Å². The summed E-state index contributed by atoms with van der Waals surface area (Å²) in [5.41, 5.74) is 5.12. The molecule has 0 unspecified atom stereocenters. The van der Waals surface area contributed by atoms with E-state index >= 15 is 0 Å². The monoisotopic (exact) mass is 269 g/mol. The topological polar surface area (TPSA) is 52.3 Å². The summed E-state index contributed by atoms with van der Waals surface area (Å²) in [5, 5.41) is 0. The van der Waals surface area contributed by atoms with E-state index in [0.29, 0.717) is 6.42 Å². The van der Waals surface area contributed by atoms with Gasteiger partial charge in [-0.1, -0.05) is 27.2 Å². The predicted octanol–water partition coefficient (Wildman–Crippen LogP) is 2.88. The molecule has 2 N–H and O–H groups in total. The van der Waals surface area contributed by atoms with Gasteiger partial charge in [0.15, 0.2) is 0 Å². The summed E-state index contributed by atoms with van der Waals surface area (Å²) in [6.07, 6.45) is -3.05. The van der Waals surface area contributed by atoms with Gasteiger partial charge in [-0.05, 0) is 18.8 Å². The standard InChI is InChI=1S/C12H22F3NO2/c1-4-5-6-18-11(17)9(7-8(2)3)10(16)12(13,14)15/h8-10H,4-7,16H2,1-3H3/t9-,10-/m1/s1. The van der Waals surface area contributed by atoms with E-state index in [4.69, 9.17) is 10.5 Å². The van der Waals surface area contributed by atoms with Crippen molar-refractivity contribution in [2.24, 2.45) is 17.6 Å². The van der Waals surface area contributed by atoms with Crippen molar-refractivity contribution in [2.75, 3.05) is 6.61 Å². The molecule has 18 heavy (non-hydrogen) atoms. The van der Waals surface area contributed by atoms with Crippen molar-refractivity contribution in [2.45, 2.75) is 52.3 Å². The molecule has 0 bridgehead atoms. The van der Waals surface area contributed by atoms with E-state index < -0.39 is 24.1 Å². The van der Waals surface area contributed by atoms with Crippen molar-refractivity contribution in [3.63, 3.8) is 0 Å². The summed E-state index contributed by atoms with van der Waals surface area (Å²) < 4.78 is 42.5. The molecule has 0 fully saturated rings. The van der Waals surface area contributed by atoms with Crippen LogP contribution in [0.1, 0.15) is 40.0 Å². The number of ether oxygens (including phenoxy) is 1. The van der Waals surface area contributed by atoms with Gasteiger partial charge in [0.2, 0.25) is 0 Å². The first kappa shape index (κ1) is 17.2. The zero-order valence-corrected chi connectivity index (χ0v) is 11.1. The SMILES string of the molecule is CCCCOC(=O)[C@H](CC(C)C)[C@@H](N)C(F)(F)F. The number of hydrogen-bond acceptors (Lipinski definition) is 3. The normalized spacial score (nSPS) is 15.6. The quantitative estimate of drug-likeness (QED) is 0.571. The molecule has 3 nitrogen and oxygen atoms in total. The van der Waals surface area contributed by atoms with Gasteiger partial charge in [0.25, 0.3) is 0 Å². The van der Waals surface area contributed by atoms with Crippen LogP contribution >= 0.6 is 0 Å². The largest absolute Gasteiger partial charge is 0.465 e. The van der Waals surface area contributed by atoms with Crippen molar-refractivity contribution in [3.05, 3.63) is 0 Å². The molecule has 2 atom stereocenters. The fourth-order valence-corrected chi connectivity index (χ4v) is 1.55. The van der Waals surface area contributed by atoms with Crippen LogP contribution in [0.4, 0.5) is 13.2 Å². The summed E-state index contributed by atoms with van der Waals surface area (Å²) in [7, 11) is 0. The number of esters is 1. The van der Waals surface area contributed by atoms with Crippen LogP contribution in [0.2, 0.25) is 0 Å². The second-order valence-electron chi connectivity index (χ2n) is 4.82. The van der Waals surface area contributed by atoms with Gasteiger partial charge in [-0.15, -0.1) is 0 Å². The van der Waals surface area contributed by atoms with E-state index in [1.165, 1.54) is 0 Å². The summed E-state index contributed by atoms with van der Waals surface area (Å²) in [4.78, 5) is 11.6. The number of carbonyl (C=O) groups excluding carboxylic acids is 1. The molecule has 0 aromatic rings. The third kappa shape index (κ3) is 6.23. The third-order valence-electron chi connectivity index (χ3n) is 2.58. The van der Waals surface area contributed by atoms with Crippen LogP contribution in [-0.4, -0.2) is 24.8 Å². The highest BCUT2D eigenvalue weighted by molar-refractivity contribution is 5.73. The lowest BCUT2D eigenvalue weighted by atomic mass is 9.90. The maximum absolute atomic E-state index is 12.6. The number of hydrogen-bond donors (Lipinski definition) is 1. The van der Waals surface area contributed by atoms with Crippen LogP contribution in [0.3, 0.4) is 0 Å². The molecule has 0 spiro atoms. The number of unbranched alkanes of at least 4 members (excludes halogenated alkanes) is 1. The Hall–Kier alpha value is -0.780. The Morgan fingerprint density at radius 2 is 1.89 bits per heavy atom. The molecule has 0 aliphatic heterocycles. The first-order valence-electron chi connectivity index (χ1n) is 6.19. The Kier molecular flexibility index (Phi) is 7.28. The van der Waals surface area contributed by atoms with Gasteiger partial charge in [-0.3, -0.25) is 4.79 Å². The zero-order chi connectivity index (χ0) is 14.3. The van der Waals surface area contributed by atoms with E-state index in [9.17, 15) is 18.0 Å². The molecule has 0 aliphatic carbocycles. The number of halogens is 3. The Balaban J connectivity index is 4.61. The van der Waals surface area contributed by atoms with Crippen LogP contribution in [-0.2, 0) is 9.53 Å². The highest BCUT2D eigenvalue weighted by atomic mass is 19.4. The Morgan fingerprint density at radius 3 is 2.28 bits per heavy atom. The minimum Gasteiger partial charge on any atom is -0.465 e. The van der Waals surface area contributed by atoms with Crippen LogP contribution in [0.25, 0.3) is 0 Å². The molecule has 0 rings (SSSR count). The van der Waals surface area contributed by atoms with E-state index in [1.54, 1.807) is 13.8 Å². The summed E-state index contributed by atoms with van der Waals surface area (Å²) in [6, 6.07) is -2.16. The average Bonchev–Trinajstić information content (AvgIpc) is 2.23. The lowest BCUT2D eigenvalue weighted by Gasteiger charge is -2.25. The molecule has 0 radical (unpaired) electrons. The van der Waals surface area contributed by atoms with Gasteiger partial charge >= 0.3 is 12.1 Å². The first-order valence-corrected chi connectivity index (χ1v) is 6.19. The Morgan fingerprint density at radius 1 is 1.33 bits per heavy atom. The Bertz CT molecular complexity index is 254. The number of rotatable bonds is 7. The number of alkyl halides is 3. The third-order valence-corrected chi connectivity index (χ3v) is 2.58. The molecule has 0 aromatic carbocycles. The van der Waals surface area contributed by atoms with E-state index in [1.807, 2.05) is 6.92 Å². The van der Waals surface area contributed by atoms with Gasteiger partial charge in [0, 0.05) is 0 Å². The lowest BCUT2D eigenvalue weighted by Crippen LogP contribution is -2.47. The minimum absolute atomic E-state index is 0.0536. The average molecular weight is 269 g/mol. The zero-order valence-electron chi connectivity index (χ0n) is 11.1. The van der Waals surface area contributed by atoms with E-state index in [2.05, 4.69) is 0 Å². The maximum Gasteiger partial charge on any atom is 0.404 e. The van der Waals surface area contributed by atoms with Gasteiger partial charge in [0.1, 0.15) is 6.04 Å². The molecule has 0 heterocycles. The van der Waals surface area contributed by atoms with Crippen molar-refractivity contribution < 1.29 is 22.7 Å². The van der Waals surface area contributed by atoms with Crippen LogP contribution in [0, 0.1) is 11.8 Å². The predicted molar refractivity (Wildman–Crippen MR) is 62.8 cm³/mol. The molecule has 0 amide bonds. The number of carbonyl (C=O) groups is 1. The van der Waals surface area contributed by atoms with Crippen molar-refractivity contribution in [1.29, 1.82) is 0 Å². The number of nitrogens with two attached hydrogens (primary N) is 1. The minimum atomic E-state index is -4.58. The van der Waals surface area contributed by atoms with Crippen LogP contribution < -0.4 is 5.73 Å². The smallest absolute Gasteiger partial charge is 0.404 e. The van der Waals surface area contributed by atoms with Gasteiger partial charge in [-0.25, -0.2) is 0 Å². The highest BCUT2D eigenvalue weighted by Gasteiger charge is 2.45. The van der Waals surface area contributed by atoms with E-state index in [0.717, 1.165) is 6.42 Å². The molecular formula is C12H22F3NO2. The van der Waals surface area contributed by atoms with Gasteiger partial charge in [-0.2, -0.15) is 13.2 Å². The highest BCUT2D eigenvalue weighted by Crippen LogP contribution is 2.28. The fourth-order valence-electron chi connectivity index (χ4n) is 1.55. The molecule has 0 saturated carbocycles. The van der Waals surface area contributed by atoms with Crippen molar-refractivity contribution in [1.82, 2.24) is 0 Å². The molecule has 108 valence electrons. The molecule has 0 saturated heterocycles. The Labute approximate surface area is 106 Å². The molecule has 0 aromatic heterocycles. The van der Waals surface area contributed by atoms with Crippen LogP contribution in [0.15, 0.2) is 0 Å². The summed E-state index contributed by atoms with van der Waals surface area (Å²) in [5.74, 6) is -2.22. The lowest BCUT2D eigenvalue weighted by molar-refractivity contribution is -0.177. The van der Waals surface area contributed by atoms with E-state index in [-0.39, 0.29) is 18.9 Å². The second kappa shape index (κ2) is 7.61. The molecule has 6 heteroatoms. The maximum atomic E-state index is 12.6. The first-order chi connectivity index (χ1) is 8.20.